The summed E-state index contributed by atoms with van der Waals surface area (Å²) in [4.78, 5) is 22.9. The molecule has 6 nitrogen and oxygen atoms in total. The van der Waals surface area contributed by atoms with Crippen LogP contribution in [-0.2, 0) is 9.53 Å². The Morgan fingerprint density at radius 1 is 1.56 bits per heavy atom. The van der Waals surface area contributed by atoms with Crippen molar-refractivity contribution in [3.8, 4) is 6.07 Å². The van der Waals surface area contributed by atoms with E-state index in [0.29, 0.717) is 5.33 Å². The molecule has 1 aromatic rings. The van der Waals surface area contributed by atoms with Crippen LogP contribution in [0.2, 0.25) is 0 Å². The molecule has 0 aliphatic rings. The van der Waals surface area contributed by atoms with Gasteiger partial charge in [0, 0.05) is 11.8 Å². The molecule has 0 atom stereocenters. The van der Waals surface area contributed by atoms with Crippen LogP contribution in [0.5, 0.6) is 0 Å². The number of aryl methyl sites for hydroxylation is 1. The van der Waals surface area contributed by atoms with Crippen LogP contribution in [0.4, 0.5) is 5.88 Å². The topological polar surface area (TPSA) is 92.3 Å². The van der Waals surface area contributed by atoms with Crippen molar-refractivity contribution >= 4 is 33.7 Å². The lowest BCUT2D eigenvalue weighted by atomic mass is 10.1. The van der Waals surface area contributed by atoms with Crippen LogP contribution in [0.15, 0.2) is 4.42 Å². The van der Waals surface area contributed by atoms with Crippen molar-refractivity contribution in [2.45, 2.75) is 13.3 Å². The van der Waals surface area contributed by atoms with Crippen LogP contribution in [0.3, 0.4) is 0 Å². The summed E-state index contributed by atoms with van der Waals surface area (Å²) in [5.41, 5.74) is 0.0106. The van der Waals surface area contributed by atoms with Crippen LogP contribution >= 0.6 is 15.9 Å². The first-order valence-corrected chi connectivity index (χ1v) is 6.14. The first-order valence-electron chi connectivity index (χ1n) is 5.02. The van der Waals surface area contributed by atoms with Crippen LogP contribution in [0.1, 0.15) is 28.1 Å². The third-order valence-corrected chi connectivity index (χ3v) is 2.56. The minimum absolute atomic E-state index is 0.0257. The Morgan fingerprint density at radius 2 is 2.22 bits per heavy atom. The maximum atomic E-state index is 11.5. The lowest BCUT2D eigenvalue weighted by Gasteiger charge is -2.00. The number of hydrogen-bond donors (Lipinski definition) is 1. The molecule has 1 N–H and O–H groups in total. The second-order valence-corrected chi connectivity index (χ2v) is 4.12. The minimum atomic E-state index is -0.672. The Labute approximate surface area is 112 Å². The summed E-state index contributed by atoms with van der Waals surface area (Å²) in [6, 6.07) is 1.83. The van der Waals surface area contributed by atoms with E-state index >= 15 is 0 Å². The molecule has 7 heteroatoms. The number of esters is 1. The predicted octanol–water partition coefficient (Wildman–Crippen LogP) is 1.97. The Balaban J connectivity index is 3.12. The summed E-state index contributed by atoms with van der Waals surface area (Å²) in [5, 5.41) is 11.9. The fourth-order valence-electron chi connectivity index (χ4n) is 1.36. The summed E-state index contributed by atoms with van der Waals surface area (Å²) in [6.07, 6.45) is 0.234. The largest absolute Gasteiger partial charge is 0.465 e. The van der Waals surface area contributed by atoms with Crippen molar-refractivity contribution in [3.05, 3.63) is 16.9 Å². The average Bonchev–Trinajstić information content (AvgIpc) is 2.64. The van der Waals surface area contributed by atoms with Gasteiger partial charge in [-0.05, 0) is 6.92 Å². The number of carbonyl (C=O) groups excluding carboxylic acids is 2. The SMILES string of the molecule is COC(=O)c1c(C)oc(NC(=O)CCBr)c1C#N. The lowest BCUT2D eigenvalue weighted by Crippen LogP contribution is -2.12. The van der Waals surface area contributed by atoms with E-state index in [0.717, 1.165) is 0 Å². The van der Waals surface area contributed by atoms with Gasteiger partial charge < -0.3 is 9.15 Å². The van der Waals surface area contributed by atoms with Crippen LogP contribution in [0, 0.1) is 18.3 Å². The predicted molar refractivity (Wildman–Crippen MR) is 66.5 cm³/mol. The standard InChI is InChI=1S/C11H11BrN2O4/c1-6-9(11(16)17-2)7(5-13)10(18-6)14-8(15)3-4-12/h3-4H2,1-2H3,(H,14,15). The number of furan rings is 1. The van der Waals surface area contributed by atoms with E-state index in [1.165, 1.54) is 14.0 Å². The summed E-state index contributed by atoms with van der Waals surface area (Å²) < 4.78 is 9.76. The number of nitrogens with one attached hydrogen (secondary N) is 1. The number of halogens is 1. The third kappa shape index (κ3) is 2.90. The van der Waals surface area contributed by atoms with E-state index in [1.807, 2.05) is 6.07 Å². The van der Waals surface area contributed by atoms with E-state index in [9.17, 15) is 9.59 Å². The Morgan fingerprint density at radius 3 is 2.72 bits per heavy atom. The summed E-state index contributed by atoms with van der Waals surface area (Å²) in [5.74, 6) is -0.781. The minimum Gasteiger partial charge on any atom is -0.465 e. The number of carbonyl (C=O) groups is 2. The molecule has 0 spiro atoms. The molecule has 0 aromatic carbocycles. The van der Waals surface area contributed by atoms with E-state index in [1.54, 1.807) is 0 Å². The molecule has 0 saturated carbocycles. The van der Waals surface area contributed by atoms with Crippen LogP contribution < -0.4 is 5.32 Å². The van der Waals surface area contributed by atoms with Crippen molar-refractivity contribution in [2.24, 2.45) is 0 Å². The van der Waals surface area contributed by atoms with Gasteiger partial charge in [0.1, 0.15) is 23.0 Å². The van der Waals surface area contributed by atoms with E-state index < -0.39 is 5.97 Å². The highest BCUT2D eigenvalue weighted by Crippen LogP contribution is 2.27. The number of nitriles is 1. The molecule has 96 valence electrons. The van der Waals surface area contributed by atoms with Gasteiger partial charge in [-0.15, -0.1) is 0 Å². The number of ether oxygens (including phenoxy) is 1. The van der Waals surface area contributed by atoms with Gasteiger partial charge in [0.25, 0.3) is 0 Å². The molecule has 0 saturated heterocycles. The molecular formula is C11H11BrN2O4. The summed E-state index contributed by atoms with van der Waals surface area (Å²) in [7, 11) is 1.21. The van der Waals surface area contributed by atoms with Crippen LogP contribution in [0.25, 0.3) is 0 Å². The third-order valence-electron chi connectivity index (χ3n) is 2.16. The van der Waals surface area contributed by atoms with Gasteiger partial charge in [-0.2, -0.15) is 5.26 Å². The number of anilines is 1. The van der Waals surface area contributed by atoms with Gasteiger partial charge in [-0.25, -0.2) is 4.79 Å². The van der Waals surface area contributed by atoms with Gasteiger partial charge in [-0.1, -0.05) is 15.9 Å². The molecule has 0 aliphatic carbocycles. The maximum absolute atomic E-state index is 11.5. The highest BCUT2D eigenvalue weighted by atomic mass is 79.9. The number of hydrogen-bond acceptors (Lipinski definition) is 5. The normalized spacial score (nSPS) is 9.67. The first-order chi connectivity index (χ1) is 8.54. The molecule has 1 heterocycles. The molecule has 0 bridgehead atoms. The second-order valence-electron chi connectivity index (χ2n) is 3.33. The molecule has 0 aliphatic heterocycles. The molecule has 0 unspecified atom stereocenters. The van der Waals surface area contributed by atoms with Crippen LogP contribution in [-0.4, -0.2) is 24.3 Å². The average molecular weight is 315 g/mol. The van der Waals surface area contributed by atoms with Crippen molar-refractivity contribution in [1.29, 1.82) is 5.26 Å². The Kier molecular flexibility index (Phi) is 4.92. The summed E-state index contributed by atoms with van der Waals surface area (Å²) in [6.45, 7) is 1.52. The highest BCUT2D eigenvalue weighted by molar-refractivity contribution is 9.09. The van der Waals surface area contributed by atoms with E-state index in [4.69, 9.17) is 9.68 Å². The Hall–Kier alpha value is -1.81. The number of nitrogens with zero attached hydrogens (tertiary/aromatic N) is 1. The Bertz CT molecular complexity index is 516. The van der Waals surface area contributed by atoms with Gasteiger partial charge in [0.15, 0.2) is 0 Å². The first kappa shape index (κ1) is 14.3. The van der Waals surface area contributed by atoms with Gasteiger partial charge in [-0.3, -0.25) is 10.1 Å². The van der Waals surface area contributed by atoms with Gasteiger partial charge in [0.05, 0.1) is 7.11 Å². The fraction of sp³-hybridized carbons (Fsp3) is 0.364. The monoisotopic (exact) mass is 314 g/mol. The molecule has 0 radical (unpaired) electrons. The smallest absolute Gasteiger partial charge is 0.342 e. The van der Waals surface area contributed by atoms with Gasteiger partial charge >= 0.3 is 5.97 Å². The number of alkyl halides is 1. The van der Waals surface area contributed by atoms with Crippen molar-refractivity contribution in [3.63, 3.8) is 0 Å². The number of methoxy groups -OCH3 is 1. The van der Waals surface area contributed by atoms with Crippen molar-refractivity contribution in [1.82, 2.24) is 0 Å². The molecule has 18 heavy (non-hydrogen) atoms. The number of rotatable bonds is 4. The van der Waals surface area contributed by atoms with E-state index in [2.05, 4.69) is 26.0 Å². The highest BCUT2D eigenvalue weighted by Gasteiger charge is 2.25. The lowest BCUT2D eigenvalue weighted by molar-refractivity contribution is -0.115. The second kappa shape index (κ2) is 6.21. The zero-order valence-corrected chi connectivity index (χ0v) is 11.5. The molecule has 1 rings (SSSR count). The van der Waals surface area contributed by atoms with E-state index in [-0.39, 0.29) is 35.1 Å². The quantitative estimate of drug-likeness (QED) is 0.677. The maximum Gasteiger partial charge on any atom is 0.342 e. The molecule has 0 fully saturated rings. The molecule has 1 amide bonds. The van der Waals surface area contributed by atoms with Gasteiger partial charge in [0.2, 0.25) is 11.8 Å². The zero-order chi connectivity index (χ0) is 13.7. The summed E-state index contributed by atoms with van der Waals surface area (Å²) >= 11 is 3.12. The molecule has 1 aromatic heterocycles. The van der Waals surface area contributed by atoms with Crippen molar-refractivity contribution < 1.29 is 18.7 Å². The zero-order valence-electron chi connectivity index (χ0n) is 9.87. The molecular weight excluding hydrogens is 304 g/mol. The fourth-order valence-corrected chi connectivity index (χ4v) is 1.72. The van der Waals surface area contributed by atoms with Crippen molar-refractivity contribution in [2.75, 3.05) is 17.8 Å². The number of amides is 1.